The number of carbonyl (C=O) groups excluding carboxylic acids is 4. The third-order valence-electron chi connectivity index (χ3n) is 10.6. The number of ether oxygens (including phenoxy) is 2. The molecule has 3 amide bonds. The summed E-state index contributed by atoms with van der Waals surface area (Å²) < 4.78 is 13.0. The third kappa shape index (κ3) is 7.13. The van der Waals surface area contributed by atoms with Crippen LogP contribution in [0, 0.1) is 23.2 Å². The van der Waals surface area contributed by atoms with Gasteiger partial charge in [0.1, 0.15) is 24.4 Å². The first-order valence-corrected chi connectivity index (χ1v) is 18.3. The summed E-state index contributed by atoms with van der Waals surface area (Å²) in [5.74, 6) is -3.65. The molecule has 0 unspecified atom stereocenters. The quantitative estimate of drug-likeness (QED) is 0.296. The van der Waals surface area contributed by atoms with E-state index in [1.54, 1.807) is 9.80 Å². The first-order valence-electron chi connectivity index (χ1n) is 17.5. The molecule has 4 aliphatic heterocycles. The first kappa shape index (κ1) is 37.2. The van der Waals surface area contributed by atoms with Crippen LogP contribution >= 0.6 is 15.9 Å². The summed E-state index contributed by atoms with van der Waals surface area (Å²) in [6.07, 6.45) is 6.66. The van der Waals surface area contributed by atoms with Crippen molar-refractivity contribution < 1.29 is 33.8 Å². The minimum atomic E-state index is -1.44. The number of fused-ring (bicyclic) bond motifs is 2. The third-order valence-corrected chi connectivity index (χ3v) is 11.3. The van der Waals surface area contributed by atoms with Crippen LogP contribution in [-0.4, -0.2) is 87.7 Å². The molecule has 0 saturated carbocycles. The minimum absolute atomic E-state index is 0.0834. The highest BCUT2D eigenvalue weighted by Crippen LogP contribution is 2.59. The Kier molecular flexibility index (Phi) is 10.9. The predicted molar refractivity (Wildman–Crippen MR) is 189 cm³/mol. The molecule has 4 heterocycles. The number of hydrogen-bond donors (Lipinski definition) is 2. The molecule has 2 saturated heterocycles. The number of nitrogens with zero attached hydrogens (tertiary/aromatic N) is 2. The molecule has 11 heteroatoms. The average molecular weight is 743 g/mol. The van der Waals surface area contributed by atoms with Crippen molar-refractivity contribution in [3.63, 3.8) is 0 Å². The van der Waals surface area contributed by atoms with E-state index in [2.05, 4.69) is 42.0 Å². The van der Waals surface area contributed by atoms with Crippen LogP contribution in [0.2, 0.25) is 0 Å². The van der Waals surface area contributed by atoms with Crippen LogP contribution in [0.15, 0.2) is 53.0 Å². The standard InChI is InChI=1S/C38H52BrN3O7/c1-8-23(2)27(20-43)42-32-35(47)41(37(6,7)22-36(3,4)5)18-14-10-13-17-28(44)48-21-26(24-15-11-9-12-16-24)40-33(45)29-30(34(42)46)38(32)19-25(39)31(29)49-38/h9-12,14-16,19,23,26-27,29-32,43H,8,13,17-18,20-22H2,1-7H3,(H,40,45)/b14-10-/t23-,26+,27-,29+,30-,31+,32+,38-/m0/s1. The van der Waals surface area contributed by atoms with Crippen LogP contribution < -0.4 is 5.32 Å². The van der Waals surface area contributed by atoms with E-state index in [0.717, 1.165) is 5.56 Å². The number of likely N-dealkylation sites (tertiary alicyclic amines) is 1. The lowest BCUT2D eigenvalue weighted by atomic mass is 9.73. The van der Waals surface area contributed by atoms with Gasteiger partial charge in [0.25, 0.3) is 0 Å². The Morgan fingerprint density at radius 3 is 2.39 bits per heavy atom. The normalized spacial score (nSPS) is 31.6. The zero-order valence-corrected chi connectivity index (χ0v) is 31.4. The van der Waals surface area contributed by atoms with Crippen molar-refractivity contribution >= 4 is 39.6 Å². The second-order valence-corrected chi connectivity index (χ2v) is 16.8. The van der Waals surface area contributed by atoms with E-state index < -0.39 is 59.1 Å². The van der Waals surface area contributed by atoms with Crippen LogP contribution in [0.25, 0.3) is 0 Å². The number of hydrogen-bond acceptors (Lipinski definition) is 7. The van der Waals surface area contributed by atoms with Gasteiger partial charge in [-0.15, -0.1) is 0 Å². The van der Waals surface area contributed by atoms with Gasteiger partial charge in [-0.3, -0.25) is 19.2 Å². The van der Waals surface area contributed by atoms with Crippen LogP contribution in [0.1, 0.15) is 85.8 Å². The summed E-state index contributed by atoms with van der Waals surface area (Å²) >= 11 is 3.65. The number of benzene rings is 1. The average Bonchev–Trinajstić information content (AvgIpc) is 3.63. The molecule has 2 N–H and O–H groups in total. The maximum Gasteiger partial charge on any atom is 0.306 e. The topological polar surface area (TPSA) is 125 Å². The van der Waals surface area contributed by atoms with Crippen molar-refractivity contribution in [3.05, 3.63) is 58.6 Å². The number of allylic oxidation sites excluding steroid dienone is 1. The zero-order valence-electron chi connectivity index (χ0n) is 29.8. The lowest BCUT2D eigenvalue weighted by Crippen LogP contribution is -2.63. The van der Waals surface area contributed by atoms with Crippen molar-refractivity contribution in [2.45, 2.75) is 110 Å². The van der Waals surface area contributed by atoms with Crippen LogP contribution in [0.4, 0.5) is 0 Å². The number of aliphatic hydroxyl groups excluding tert-OH is 1. The zero-order chi connectivity index (χ0) is 35.9. The highest BCUT2D eigenvalue weighted by atomic mass is 79.9. The monoisotopic (exact) mass is 741 g/mol. The minimum Gasteiger partial charge on any atom is -0.463 e. The molecule has 4 aliphatic rings. The van der Waals surface area contributed by atoms with Gasteiger partial charge in [-0.1, -0.05) is 99.5 Å². The maximum absolute atomic E-state index is 15.3. The van der Waals surface area contributed by atoms with Crippen molar-refractivity contribution in [1.82, 2.24) is 15.1 Å². The van der Waals surface area contributed by atoms with Gasteiger partial charge in [-0.2, -0.15) is 0 Å². The van der Waals surface area contributed by atoms with Gasteiger partial charge in [0.15, 0.2) is 0 Å². The number of cyclic esters (lactones) is 1. The van der Waals surface area contributed by atoms with E-state index in [1.165, 1.54) is 0 Å². The molecule has 1 spiro atoms. The molecule has 2 fully saturated rings. The van der Waals surface area contributed by atoms with Gasteiger partial charge in [-0.25, -0.2) is 0 Å². The van der Waals surface area contributed by atoms with Crippen molar-refractivity contribution in [1.29, 1.82) is 0 Å². The molecule has 5 bridgehead atoms. The van der Waals surface area contributed by atoms with Crippen molar-refractivity contribution in [3.8, 4) is 0 Å². The van der Waals surface area contributed by atoms with E-state index in [-0.39, 0.29) is 49.3 Å². The molecule has 0 aliphatic carbocycles. The lowest BCUT2D eigenvalue weighted by Gasteiger charge is -2.46. The summed E-state index contributed by atoms with van der Waals surface area (Å²) in [7, 11) is 0. The van der Waals surface area contributed by atoms with Gasteiger partial charge in [0, 0.05) is 23.0 Å². The molecule has 5 rings (SSSR count). The van der Waals surface area contributed by atoms with Crippen LogP contribution in [0.3, 0.4) is 0 Å². The van der Waals surface area contributed by atoms with E-state index in [9.17, 15) is 19.5 Å². The molecular weight excluding hydrogens is 690 g/mol. The Labute approximate surface area is 298 Å². The molecule has 0 radical (unpaired) electrons. The fourth-order valence-electron chi connectivity index (χ4n) is 8.50. The second-order valence-electron chi connectivity index (χ2n) is 15.9. The summed E-state index contributed by atoms with van der Waals surface area (Å²) in [5, 5.41) is 13.9. The fourth-order valence-corrected chi connectivity index (χ4v) is 9.24. The van der Waals surface area contributed by atoms with Crippen molar-refractivity contribution in [2.24, 2.45) is 23.2 Å². The van der Waals surface area contributed by atoms with Crippen molar-refractivity contribution in [2.75, 3.05) is 19.8 Å². The number of halogens is 1. The summed E-state index contributed by atoms with van der Waals surface area (Å²) in [4.78, 5) is 60.8. The number of nitrogens with one attached hydrogen (secondary N) is 1. The Hall–Kier alpha value is -3.02. The number of esters is 1. The van der Waals surface area contributed by atoms with E-state index in [0.29, 0.717) is 23.7 Å². The Bertz CT molecular complexity index is 1490. The fraction of sp³-hybridized carbons (Fsp3) is 0.632. The largest absolute Gasteiger partial charge is 0.463 e. The molecule has 1 aromatic carbocycles. The number of rotatable bonds is 7. The van der Waals surface area contributed by atoms with Crippen LogP contribution in [0.5, 0.6) is 0 Å². The molecule has 268 valence electrons. The SMILES string of the molecule is CC[C@H](C)[C@H](CO)N1C(=O)[C@@H]2[C@H]3C(=O)N[C@@H](c4ccccc4)COC(=O)CC/C=C\CN(C(C)(C)CC(C)(C)C)C(=O)[C@@H]1[C@]21C=C(Br)[C@H]3O1. The predicted octanol–water partition coefficient (Wildman–Crippen LogP) is 5.06. The molecule has 10 nitrogen and oxygen atoms in total. The van der Waals surface area contributed by atoms with Gasteiger partial charge >= 0.3 is 5.97 Å². The molecule has 8 atom stereocenters. The van der Waals surface area contributed by atoms with E-state index in [1.807, 2.05) is 76.3 Å². The van der Waals surface area contributed by atoms with Gasteiger partial charge in [0.05, 0.1) is 30.5 Å². The summed E-state index contributed by atoms with van der Waals surface area (Å²) in [5.41, 5.74) is -1.49. The second kappa shape index (κ2) is 14.3. The number of aliphatic hydroxyl groups is 1. The molecule has 0 aromatic heterocycles. The lowest BCUT2D eigenvalue weighted by molar-refractivity contribution is -0.155. The van der Waals surface area contributed by atoms with Gasteiger partial charge in [0.2, 0.25) is 17.7 Å². The smallest absolute Gasteiger partial charge is 0.306 e. The Morgan fingerprint density at radius 1 is 1.06 bits per heavy atom. The Balaban J connectivity index is 1.67. The summed E-state index contributed by atoms with van der Waals surface area (Å²) in [6.45, 7) is 14.2. The van der Waals surface area contributed by atoms with E-state index in [4.69, 9.17) is 9.47 Å². The molecule has 49 heavy (non-hydrogen) atoms. The number of amides is 3. The van der Waals surface area contributed by atoms with Gasteiger partial charge in [-0.05, 0) is 49.7 Å². The maximum atomic E-state index is 15.3. The van der Waals surface area contributed by atoms with E-state index >= 15 is 4.79 Å². The first-order chi connectivity index (χ1) is 23.1. The Morgan fingerprint density at radius 2 is 1.76 bits per heavy atom. The highest BCUT2D eigenvalue weighted by molar-refractivity contribution is 9.11. The highest BCUT2D eigenvalue weighted by Gasteiger charge is 2.75. The number of carbonyl (C=O) groups is 4. The van der Waals surface area contributed by atoms with Gasteiger partial charge < -0.3 is 29.7 Å². The molecular formula is C38H52BrN3O7. The molecule has 1 aromatic rings. The summed E-state index contributed by atoms with van der Waals surface area (Å²) in [6, 6.07) is 6.78. The van der Waals surface area contributed by atoms with Crippen LogP contribution in [-0.2, 0) is 28.7 Å².